The number of aromatic amines is 1. The standard InChI is InChI=1S/C14H13Cl2N3O2/c15-9-4-1-3-8-10(5-2-6-21-13(8)9)18-11-7-17-19-14(20)12(11)16/h1,3-4,7,10H,2,5-6H2,(H2,18,19,20). The number of hydrogen-bond donors (Lipinski definition) is 2. The van der Waals surface area contributed by atoms with Crippen molar-refractivity contribution in [3.63, 3.8) is 0 Å². The summed E-state index contributed by atoms with van der Waals surface area (Å²) in [4.78, 5) is 11.5. The second-order valence-corrected chi connectivity index (χ2v) is 5.56. The molecule has 0 amide bonds. The summed E-state index contributed by atoms with van der Waals surface area (Å²) in [7, 11) is 0. The molecule has 0 aliphatic carbocycles. The number of ether oxygens (including phenoxy) is 1. The van der Waals surface area contributed by atoms with Crippen LogP contribution in [-0.2, 0) is 0 Å². The molecule has 1 aliphatic heterocycles. The van der Waals surface area contributed by atoms with Crippen LogP contribution in [0.1, 0.15) is 24.4 Å². The minimum Gasteiger partial charge on any atom is -0.492 e. The zero-order valence-corrected chi connectivity index (χ0v) is 12.5. The number of nitrogens with one attached hydrogen (secondary N) is 2. The Labute approximate surface area is 131 Å². The molecule has 7 heteroatoms. The Bertz CT molecular complexity index is 718. The second-order valence-electron chi connectivity index (χ2n) is 4.77. The molecule has 1 atom stereocenters. The van der Waals surface area contributed by atoms with Gasteiger partial charge in [-0.1, -0.05) is 35.3 Å². The molecule has 0 bridgehead atoms. The van der Waals surface area contributed by atoms with E-state index in [1.54, 1.807) is 6.07 Å². The highest BCUT2D eigenvalue weighted by atomic mass is 35.5. The van der Waals surface area contributed by atoms with Gasteiger partial charge in [0.05, 0.1) is 29.6 Å². The maximum atomic E-state index is 11.5. The van der Waals surface area contributed by atoms with Crippen LogP contribution >= 0.6 is 23.2 Å². The van der Waals surface area contributed by atoms with Crippen molar-refractivity contribution < 1.29 is 4.74 Å². The zero-order valence-electron chi connectivity index (χ0n) is 11.0. The molecule has 0 spiro atoms. The summed E-state index contributed by atoms with van der Waals surface area (Å²) in [6.45, 7) is 0.607. The van der Waals surface area contributed by atoms with Gasteiger partial charge >= 0.3 is 0 Å². The van der Waals surface area contributed by atoms with Gasteiger partial charge in [0.15, 0.2) is 0 Å². The normalized spacial score (nSPS) is 17.5. The Morgan fingerprint density at radius 2 is 2.24 bits per heavy atom. The summed E-state index contributed by atoms with van der Waals surface area (Å²) < 4.78 is 5.71. The Balaban J connectivity index is 1.98. The van der Waals surface area contributed by atoms with E-state index < -0.39 is 5.56 Å². The molecule has 1 aromatic heterocycles. The van der Waals surface area contributed by atoms with Crippen LogP contribution in [0.25, 0.3) is 0 Å². The summed E-state index contributed by atoms with van der Waals surface area (Å²) in [5, 5.41) is 10.00. The lowest BCUT2D eigenvalue weighted by Crippen LogP contribution is -2.15. The predicted octanol–water partition coefficient (Wildman–Crippen LogP) is 3.40. The Kier molecular flexibility index (Phi) is 4.03. The van der Waals surface area contributed by atoms with Gasteiger partial charge in [0.1, 0.15) is 10.8 Å². The first-order valence-electron chi connectivity index (χ1n) is 6.57. The van der Waals surface area contributed by atoms with Crippen molar-refractivity contribution in [2.75, 3.05) is 11.9 Å². The fourth-order valence-corrected chi connectivity index (χ4v) is 2.77. The largest absolute Gasteiger partial charge is 0.492 e. The van der Waals surface area contributed by atoms with E-state index in [1.807, 2.05) is 12.1 Å². The molecule has 1 aromatic carbocycles. The molecular formula is C14H13Cl2N3O2. The fraction of sp³-hybridized carbons (Fsp3) is 0.286. The molecule has 21 heavy (non-hydrogen) atoms. The van der Waals surface area contributed by atoms with E-state index in [9.17, 15) is 4.79 Å². The topological polar surface area (TPSA) is 67.0 Å². The minimum atomic E-state index is -0.419. The highest BCUT2D eigenvalue weighted by molar-refractivity contribution is 6.33. The molecule has 1 aliphatic rings. The molecule has 2 aromatic rings. The van der Waals surface area contributed by atoms with Gasteiger partial charge in [0.25, 0.3) is 5.56 Å². The van der Waals surface area contributed by atoms with Crippen molar-refractivity contribution in [2.45, 2.75) is 18.9 Å². The van der Waals surface area contributed by atoms with Crippen LogP contribution in [-0.4, -0.2) is 16.8 Å². The number of aromatic nitrogens is 2. The highest BCUT2D eigenvalue weighted by Crippen LogP contribution is 2.38. The lowest BCUT2D eigenvalue weighted by atomic mass is 10.0. The number of benzene rings is 1. The number of nitrogens with zero attached hydrogens (tertiary/aromatic N) is 1. The Morgan fingerprint density at radius 3 is 3.10 bits per heavy atom. The Morgan fingerprint density at radius 1 is 1.38 bits per heavy atom. The molecule has 0 saturated carbocycles. The van der Waals surface area contributed by atoms with Crippen molar-refractivity contribution in [3.8, 4) is 5.75 Å². The van der Waals surface area contributed by atoms with Crippen LogP contribution in [0.5, 0.6) is 5.75 Å². The highest BCUT2D eigenvalue weighted by Gasteiger charge is 2.22. The van der Waals surface area contributed by atoms with E-state index >= 15 is 0 Å². The van der Waals surface area contributed by atoms with Crippen LogP contribution in [0.3, 0.4) is 0 Å². The van der Waals surface area contributed by atoms with Gasteiger partial charge in [-0.15, -0.1) is 0 Å². The van der Waals surface area contributed by atoms with Crippen LogP contribution in [0.15, 0.2) is 29.2 Å². The average Bonchev–Trinajstić information content (AvgIpc) is 2.68. The van der Waals surface area contributed by atoms with E-state index in [2.05, 4.69) is 15.5 Å². The average molecular weight is 326 g/mol. The number of hydrogen-bond acceptors (Lipinski definition) is 4. The van der Waals surface area contributed by atoms with Gasteiger partial charge in [-0.05, 0) is 18.9 Å². The molecule has 0 radical (unpaired) electrons. The Hall–Kier alpha value is -1.72. The summed E-state index contributed by atoms with van der Waals surface area (Å²) in [5.41, 5.74) is 1.03. The number of halogens is 2. The van der Waals surface area contributed by atoms with Gasteiger partial charge < -0.3 is 10.1 Å². The van der Waals surface area contributed by atoms with Crippen molar-refractivity contribution in [2.24, 2.45) is 0 Å². The summed E-state index contributed by atoms with van der Waals surface area (Å²) in [6, 6.07) is 5.59. The first-order valence-corrected chi connectivity index (χ1v) is 7.33. The number of anilines is 1. The third kappa shape index (κ3) is 2.84. The molecule has 0 saturated heterocycles. The number of para-hydroxylation sites is 1. The first-order chi connectivity index (χ1) is 10.2. The molecule has 0 fully saturated rings. The fourth-order valence-electron chi connectivity index (χ4n) is 2.39. The summed E-state index contributed by atoms with van der Waals surface area (Å²) >= 11 is 12.2. The molecule has 2 N–H and O–H groups in total. The maximum absolute atomic E-state index is 11.5. The predicted molar refractivity (Wildman–Crippen MR) is 82.4 cm³/mol. The van der Waals surface area contributed by atoms with Crippen molar-refractivity contribution in [1.29, 1.82) is 0 Å². The van der Waals surface area contributed by atoms with Crippen LogP contribution in [0.2, 0.25) is 10.0 Å². The van der Waals surface area contributed by atoms with Crippen molar-refractivity contribution >= 4 is 28.9 Å². The number of fused-ring (bicyclic) bond motifs is 1. The van der Waals surface area contributed by atoms with Crippen molar-refractivity contribution in [1.82, 2.24) is 10.2 Å². The minimum absolute atomic E-state index is 0.0395. The van der Waals surface area contributed by atoms with Crippen LogP contribution < -0.4 is 15.6 Å². The number of rotatable bonds is 2. The van der Waals surface area contributed by atoms with E-state index in [0.717, 1.165) is 18.4 Å². The quantitative estimate of drug-likeness (QED) is 0.888. The molecule has 110 valence electrons. The summed E-state index contributed by atoms with van der Waals surface area (Å²) in [5.74, 6) is 0.683. The van der Waals surface area contributed by atoms with Crippen molar-refractivity contribution in [3.05, 3.63) is 50.4 Å². The monoisotopic (exact) mass is 325 g/mol. The van der Waals surface area contributed by atoms with Crippen LogP contribution in [0.4, 0.5) is 5.69 Å². The van der Waals surface area contributed by atoms with Gasteiger partial charge in [0.2, 0.25) is 0 Å². The molecular weight excluding hydrogens is 313 g/mol. The van der Waals surface area contributed by atoms with E-state index in [4.69, 9.17) is 27.9 Å². The SMILES string of the molecule is O=c1[nH]ncc(NC2CCCOc3c(Cl)cccc32)c1Cl. The van der Waals surface area contributed by atoms with E-state index in [1.165, 1.54) is 6.20 Å². The molecule has 1 unspecified atom stereocenters. The lowest BCUT2D eigenvalue weighted by molar-refractivity contribution is 0.316. The van der Waals surface area contributed by atoms with Gasteiger partial charge in [0, 0.05) is 5.56 Å². The van der Waals surface area contributed by atoms with Gasteiger partial charge in [-0.3, -0.25) is 4.79 Å². The van der Waals surface area contributed by atoms with E-state index in [0.29, 0.717) is 23.1 Å². The smallest absolute Gasteiger partial charge is 0.285 e. The molecule has 2 heterocycles. The number of H-pyrrole nitrogens is 1. The third-order valence-corrected chi connectivity index (χ3v) is 4.05. The zero-order chi connectivity index (χ0) is 14.8. The van der Waals surface area contributed by atoms with Gasteiger partial charge in [-0.25, -0.2) is 5.10 Å². The first kappa shape index (κ1) is 14.2. The maximum Gasteiger partial charge on any atom is 0.285 e. The summed E-state index contributed by atoms with van der Waals surface area (Å²) in [6.07, 6.45) is 3.22. The third-order valence-electron chi connectivity index (χ3n) is 3.38. The molecule has 5 nitrogen and oxygen atoms in total. The second kappa shape index (κ2) is 5.95. The molecule has 3 rings (SSSR count). The van der Waals surface area contributed by atoms with Gasteiger partial charge in [-0.2, -0.15) is 5.10 Å². The van der Waals surface area contributed by atoms with E-state index in [-0.39, 0.29) is 11.1 Å². The lowest BCUT2D eigenvalue weighted by Gasteiger charge is -2.20. The van der Waals surface area contributed by atoms with Crippen LogP contribution in [0, 0.1) is 0 Å².